The molecule has 0 fully saturated rings. The first-order chi connectivity index (χ1) is 13.1. The maximum atomic E-state index is 12.2. The van der Waals surface area contributed by atoms with Gasteiger partial charge in [0.15, 0.2) is 0 Å². The summed E-state index contributed by atoms with van der Waals surface area (Å²) in [5, 5.41) is 5.93. The number of rotatable bonds is 7. The van der Waals surface area contributed by atoms with Crippen LogP contribution in [0.5, 0.6) is 5.75 Å². The molecule has 0 bridgehead atoms. The van der Waals surface area contributed by atoms with Gasteiger partial charge in [-0.1, -0.05) is 18.2 Å². The van der Waals surface area contributed by atoms with E-state index in [1.807, 2.05) is 56.3 Å². The largest absolute Gasteiger partial charge is 0.489 e. The van der Waals surface area contributed by atoms with Crippen LogP contribution in [-0.2, 0) is 6.54 Å². The standard InChI is InChI=1S/C20H21N5O2/c1-14(2)27-18-9-4-3-8-16(18)25-19-13-22-17(12-23-19)20(26)24-11-15-7-5-6-10-21-15/h3-10,12-14H,11H2,1-2H3,(H,23,25)(H,24,26). The fourth-order valence-electron chi connectivity index (χ4n) is 2.34. The second-order valence-corrected chi connectivity index (χ2v) is 6.08. The minimum atomic E-state index is -0.303. The Morgan fingerprint density at radius 3 is 2.56 bits per heavy atom. The van der Waals surface area contributed by atoms with Crippen molar-refractivity contribution in [2.24, 2.45) is 0 Å². The van der Waals surface area contributed by atoms with Crippen molar-refractivity contribution in [3.05, 3.63) is 72.4 Å². The number of nitrogens with zero attached hydrogens (tertiary/aromatic N) is 3. The second kappa shape index (κ2) is 8.75. The van der Waals surface area contributed by atoms with Crippen molar-refractivity contribution < 1.29 is 9.53 Å². The molecule has 0 spiro atoms. The van der Waals surface area contributed by atoms with Gasteiger partial charge in [-0.3, -0.25) is 9.78 Å². The predicted octanol–water partition coefficient (Wildman–Crippen LogP) is 3.33. The number of nitrogens with one attached hydrogen (secondary N) is 2. The second-order valence-electron chi connectivity index (χ2n) is 6.08. The average molecular weight is 363 g/mol. The van der Waals surface area contributed by atoms with Crippen LogP contribution in [0.15, 0.2) is 61.1 Å². The van der Waals surface area contributed by atoms with E-state index in [4.69, 9.17) is 4.74 Å². The van der Waals surface area contributed by atoms with Crippen LogP contribution in [0.4, 0.5) is 11.5 Å². The Balaban J connectivity index is 1.63. The smallest absolute Gasteiger partial charge is 0.271 e. The zero-order valence-corrected chi connectivity index (χ0v) is 15.2. The minimum absolute atomic E-state index is 0.0595. The first-order valence-corrected chi connectivity index (χ1v) is 8.64. The van der Waals surface area contributed by atoms with Gasteiger partial charge in [0.1, 0.15) is 17.3 Å². The van der Waals surface area contributed by atoms with E-state index in [2.05, 4.69) is 25.6 Å². The van der Waals surface area contributed by atoms with Gasteiger partial charge in [-0.2, -0.15) is 0 Å². The zero-order chi connectivity index (χ0) is 19.1. The number of ether oxygens (including phenoxy) is 1. The predicted molar refractivity (Wildman–Crippen MR) is 103 cm³/mol. The number of benzene rings is 1. The topological polar surface area (TPSA) is 89.0 Å². The quantitative estimate of drug-likeness (QED) is 0.669. The molecule has 0 radical (unpaired) electrons. The molecule has 2 aromatic heterocycles. The molecular weight excluding hydrogens is 342 g/mol. The van der Waals surface area contributed by atoms with Crippen LogP contribution < -0.4 is 15.4 Å². The molecule has 27 heavy (non-hydrogen) atoms. The van der Waals surface area contributed by atoms with Crippen molar-refractivity contribution >= 4 is 17.4 Å². The first-order valence-electron chi connectivity index (χ1n) is 8.64. The van der Waals surface area contributed by atoms with E-state index in [9.17, 15) is 4.79 Å². The van der Waals surface area contributed by atoms with E-state index < -0.39 is 0 Å². The molecule has 138 valence electrons. The molecule has 0 aliphatic heterocycles. The number of carbonyl (C=O) groups excluding carboxylic acids is 1. The molecular formula is C20H21N5O2. The fourth-order valence-corrected chi connectivity index (χ4v) is 2.34. The van der Waals surface area contributed by atoms with Gasteiger partial charge in [-0.15, -0.1) is 0 Å². The van der Waals surface area contributed by atoms with Crippen LogP contribution in [0, 0.1) is 0 Å². The fraction of sp³-hybridized carbons (Fsp3) is 0.200. The zero-order valence-electron chi connectivity index (χ0n) is 15.2. The number of aromatic nitrogens is 3. The summed E-state index contributed by atoms with van der Waals surface area (Å²) in [5.41, 5.74) is 1.80. The Hall–Kier alpha value is -3.48. The summed E-state index contributed by atoms with van der Waals surface area (Å²) in [6.45, 7) is 4.27. The third-order valence-corrected chi connectivity index (χ3v) is 3.55. The van der Waals surface area contributed by atoms with Gasteiger partial charge in [0.25, 0.3) is 5.91 Å². The number of amides is 1. The molecule has 0 aliphatic rings. The summed E-state index contributed by atoms with van der Waals surface area (Å²) < 4.78 is 5.77. The van der Waals surface area contributed by atoms with Crippen molar-refractivity contribution in [1.29, 1.82) is 0 Å². The SMILES string of the molecule is CC(C)Oc1ccccc1Nc1cnc(C(=O)NCc2ccccn2)cn1. The highest BCUT2D eigenvalue weighted by Gasteiger charge is 2.10. The van der Waals surface area contributed by atoms with E-state index in [0.29, 0.717) is 12.4 Å². The lowest BCUT2D eigenvalue weighted by molar-refractivity contribution is 0.0945. The maximum Gasteiger partial charge on any atom is 0.271 e. The van der Waals surface area contributed by atoms with Gasteiger partial charge < -0.3 is 15.4 Å². The van der Waals surface area contributed by atoms with Crippen molar-refractivity contribution in [3.63, 3.8) is 0 Å². The van der Waals surface area contributed by atoms with E-state index >= 15 is 0 Å². The molecule has 1 aromatic carbocycles. The number of carbonyl (C=O) groups is 1. The third-order valence-electron chi connectivity index (χ3n) is 3.55. The van der Waals surface area contributed by atoms with E-state index in [-0.39, 0.29) is 17.7 Å². The summed E-state index contributed by atoms with van der Waals surface area (Å²) >= 11 is 0. The van der Waals surface area contributed by atoms with Crippen LogP contribution in [0.1, 0.15) is 30.0 Å². The molecule has 3 rings (SSSR count). The van der Waals surface area contributed by atoms with Gasteiger partial charge in [0, 0.05) is 6.20 Å². The van der Waals surface area contributed by atoms with Crippen LogP contribution in [0.2, 0.25) is 0 Å². The monoisotopic (exact) mass is 363 g/mol. The van der Waals surface area contributed by atoms with E-state index in [0.717, 1.165) is 17.1 Å². The number of hydrogen-bond acceptors (Lipinski definition) is 6. The Morgan fingerprint density at radius 2 is 1.85 bits per heavy atom. The molecule has 3 aromatic rings. The molecule has 1 amide bonds. The van der Waals surface area contributed by atoms with E-state index in [1.54, 1.807) is 6.20 Å². The highest BCUT2D eigenvalue weighted by molar-refractivity contribution is 5.92. The van der Waals surface area contributed by atoms with Gasteiger partial charge in [0.05, 0.1) is 36.4 Å². The molecule has 0 saturated heterocycles. The van der Waals surface area contributed by atoms with E-state index in [1.165, 1.54) is 12.4 Å². The number of pyridine rings is 1. The van der Waals surface area contributed by atoms with Gasteiger partial charge in [-0.05, 0) is 38.1 Å². The Labute approximate surface area is 157 Å². The highest BCUT2D eigenvalue weighted by atomic mass is 16.5. The molecule has 0 atom stereocenters. The molecule has 2 N–H and O–H groups in total. The van der Waals surface area contributed by atoms with Crippen molar-refractivity contribution in [1.82, 2.24) is 20.3 Å². The van der Waals surface area contributed by atoms with Crippen LogP contribution in [-0.4, -0.2) is 27.0 Å². The summed E-state index contributed by atoms with van der Waals surface area (Å²) in [7, 11) is 0. The van der Waals surface area contributed by atoms with Crippen molar-refractivity contribution in [3.8, 4) is 5.75 Å². The molecule has 0 saturated carbocycles. The summed E-state index contributed by atoms with van der Waals surface area (Å²) in [6, 6.07) is 13.1. The van der Waals surface area contributed by atoms with Crippen molar-refractivity contribution in [2.75, 3.05) is 5.32 Å². The summed E-state index contributed by atoms with van der Waals surface area (Å²) in [4.78, 5) is 24.8. The Bertz CT molecular complexity index is 882. The maximum absolute atomic E-state index is 12.2. The number of para-hydroxylation sites is 2. The molecule has 7 nitrogen and oxygen atoms in total. The molecule has 2 heterocycles. The minimum Gasteiger partial charge on any atom is -0.489 e. The lowest BCUT2D eigenvalue weighted by Crippen LogP contribution is -2.24. The van der Waals surface area contributed by atoms with Gasteiger partial charge in [-0.25, -0.2) is 9.97 Å². The lowest BCUT2D eigenvalue weighted by atomic mass is 10.3. The Kier molecular flexibility index (Phi) is 5.94. The number of hydrogen-bond donors (Lipinski definition) is 2. The normalized spacial score (nSPS) is 10.5. The molecule has 0 unspecified atom stereocenters. The van der Waals surface area contributed by atoms with Gasteiger partial charge in [0.2, 0.25) is 0 Å². The lowest BCUT2D eigenvalue weighted by Gasteiger charge is -2.15. The Morgan fingerprint density at radius 1 is 1.04 bits per heavy atom. The van der Waals surface area contributed by atoms with Crippen LogP contribution in [0.25, 0.3) is 0 Å². The van der Waals surface area contributed by atoms with Crippen LogP contribution >= 0.6 is 0 Å². The third kappa shape index (κ3) is 5.24. The summed E-state index contributed by atoms with van der Waals surface area (Å²) in [5.74, 6) is 0.950. The molecule has 7 heteroatoms. The first kappa shape index (κ1) is 18.3. The number of anilines is 2. The highest BCUT2D eigenvalue weighted by Crippen LogP contribution is 2.27. The van der Waals surface area contributed by atoms with Crippen molar-refractivity contribution in [2.45, 2.75) is 26.5 Å². The average Bonchev–Trinajstić information content (AvgIpc) is 2.69. The summed E-state index contributed by atoms with van der Waals surface area (Å²) in [6.07, 6.45) is 4.69. The molecule has 0 aliphatic carbocycles. The van der Waals surface area contributed by atoms with Gasteiger partial charge >= 0.3 is 0 Å². The van der Waals surface area contributed by atoms with Crippen LogP contribution in [0.3, 0.4) is 0 Å².